The van der Waals surface area contributed by atoms with Gasteiger partial charge in [0.05, 0.1) is 0 Å². The van der Waals surface area contributed by atoms with Crippen LogP contribution in [0.2, 0.25) is 0 Å². The molecule has 1 rings (SSSR count). The molecular formula is C9H12KN. The molecule has 11 heavy (non-hydrogen) atoms. The second-order valence-corrected chi connectivity index (χ2v) is 2.80. The van der Waals surface area contributed by atoms with Crippen molar-refractivity contribution in [2.75, 3.05) is 0 Å². The molecule has 0 spiro atoms. The summed E-state index contributed by atoms with van der Waals surface area (Å²) in [4.78, 5) is 4.07. The molecule has 54 valence electrons. The zero-order valence-electron chi connectivity index (χ0n) is 7.68. The smallest absolute Gasteiger partial charge is 0.301 e. The van der Waals surface area contributed by atoms with E-state index in [4.69, 9.17) is 0 Å². The maximum atomic E-state index is 4.07. The van der Waals surface area contributed by atoms with E-state index in [1.54, 1.807) is 6.20 Å². The molecule has 0 saturated carbocycles. The molecule has 1 aromatic rings. The van der Waals surface area contributed by atoms with Gasteiger partial charge in [-0.05, 0) is 12.6 Å². The average Bonchev–Trinajstić information content (AvgIpc) is 1.88. The minimum Gasteiger partial charge on any atom is -0.301 e. The molecular weight excluding hydrogens is 161 g/mol. The first-order valence-electron chi connectivity index (χ1n) is 3.54. The topological polar surface area (TPSA) is 12.9 Å². The van der Waals surface area contributed by atoms with Gasteiger partial charge in [0.25, 0.3) is 0 Å². The van der Waals surface area contributed by atoms with Gasteiger partial charge in [0.2, 0.25) is 0 Å². The van der Waals surface area contributed by atoms with Gasteiger partial charge in [0, 0.05) is 0 Å². The fourth-order valence-electron chi connectivity index (χ4n) is 0.846. The first-order chi connectivity index (χ1) is 4.70. The fourth-order valence-corrected chi connectivity index (χ4v) is 0.846. The first-order valence-corrected chi connectivity index (χ1v) is 3.54. The Bertz CT molecular complexity index is 221. The molecule has 0 N–H and O–H groups in total. The Balaban J connectivity index is 0.000001000. The summed E-state index contributed by atoms with van der Waals surface area (Å²) in [6.45, 7) is 6.32. The minimum atomic E-state index is 0. The number of hydrogen-bond donors (Lipinski definition) is 0. The molecule has 2 heteroatoms. The normalized spacial score (nSPS) is 9.45. The second kappa shape index (κ2) is 5.44. The van der Waals surface area contributed by atoms with E-state index >= 15 is 0 Å². The number of aromatic nitrogens is 1. The van der Waals surface area contributed by atoms with Crippen molar-refractivity contribution in [3.63, 3.8) is 0 Å². The van der Waals surface area contributed by atoms with Gasteiger partial charge in [-0.2, -0.15) is 6.07 Å². The molecule has 0 atom stereocenters. The molecule has 0 fully saturated rings. The summed E-state index contributed by atoms with van der Waals surface area (Å²) in [6, 6.07) is 5.17. The van der Waals surface area contributed by atoms with Gasteiger partial charge < -0.3 is 4.98 Å². The van der Waals surface area contributed by atoms with E-state index in [1.165, 1.54) is 5.56 Å². The van der Waals surface area contributed by atoms with Gasteiger partial charge >= 0.3 is 51.4 Å². The molecule has 0 aliphatic rings. The number of hydrogen-bond acceptors (Lipinski definition) is 1. The Morgan fingerprint density at radius 1 is 1.45 bits per heavy atom. The number of nitrogens with zero attached hydrogens (tertiary/aromatic N) is 1. The molecule has 0 radical (unpaired) electrons. The maximum Gasteiger partial charge on any atom is 1.00 e. The van der Waals surface area contributed by atoms with E-state index in [-0.39, 0.29) is 51.4 Å². The van der Waals surface area contributed by atoms with Crippen LogP contribution in [0.15, 0.2) is 12.3 Å². The molecule has 1 heterocycles. The summed E-state index contributed by atoms with van der Waals surface area (Å²) >= 11 is 0. The van der Waals surface area contributed by atoms with Crippen molar-refractivity contribution in [1.82, 2.24) is 4.98 Å². The number of pyridine rings is 1. The van der Waals surface area contributed by atoms with E-state index in [1.807, 2.05) is 6.92 Å². The van der Waals surface area contributed by atoms with E-state index < -0.39 is 0 Å². The van der Waals surface area contributed by atoms with Crippen LogP contribution in [-0.4, -0.2) is 4.98 Å². The summed E-state index contributed by atoms with van der Waals surface area (Å²) < 4.78 is 0. The molecule has 0 bridgehead atoms. The third-order valence-electron chi connectivity index (χ3n) is 1.49. The summed E-state index contributed by atoms with van der Waals surface area (Å²) in [5, 5.41) is 0. The summed E-state index contributed by atoms with van der Waals surface area (Å²) in [5.74, 6) is 0.557. The zero-order valence-corrected chi connectivity index (χ0v) is 10.8. The minimum absolute atomic E-state index is 0. The van der Waals surface area contributed by atoms with Crippen molar-refractivity contribution < 1.29 is 51.4 Å². The molecule has 1 aromatic heterocycles. The van der Waals surface area contributed by atoms with Crippen LogP contribution in [0.4, 0.5) is 0 Å². The van der Waals surface area contributed by atoms with E-state index in [9.17, 15) is 0 Å². The van der Waals surface area contributed by atoms with Gasteiger partial charge in [0.1, 0.15) is 0 Å². The standard InChI is InChI=1S/C9H12N.K/c1-7(2)9-4-5-10-8(3)6-9;/h5-7H,1-3H3;/q-1;+1. The van der Waals surface area contributed by atoms with Crippen LogP contribution in [-0.2, 0) is 0 Å². The predicted molar refractivity (Wildman–Crippen MR) is 41.9 cm³/mol. The van der Waals surface area contributed by atoms with Crippen LogP contribution < -0.4 is 51.4 Å². The van der Waals surface area contributed by atoms with Gasteiger partial charge in [-0.15, -0.1) is 0 Å². The Morgan fingerprint density at radius 2 is 2.09 bits per heavy atom. The van der Waals surface area contributed by atoms with E-state index in [2.05, 4.69) is 31.0 Å². The van der Waals surface area contributed by atoms with E-state index in [0.29, 0.717) is 5.92 Å². The fraction of sp³-hybridized carbons (Fsp3) is 0.444. The third-order valence-corrected chi connectivity index (χ3v) is 1.49. The van der Waals surface area contributed by atoms with Crippen molar-refractivity contribution in [1.29, 1.82) is 0 Å². The molecule has 0 amide bonds. The van der Waals surface area contributed by atoms with Gasteiger partial charge in [-0.3, -0.25) is 0 Å². The van der Waals surface area contributed by atoms with E-state index in [0.717, 1.165) is 5.69 Å². The molecule has 0 saturated heterocycles. The van der Waals surface area contributed by atoms with Crippen LogP contribution in [0, 0.1) is 13.0 Å². The van der Waals surface area contributed by atoms with Crippen molar-refractivity contribution in [3.8, 4) is 0 Å². The van der Waals surface area contributed by atoms with Gasteiger partial charge in [-0.1, -0.05) is 26.0 Å². The molecule has 0 unspecified atom stereocenters. The predicted octanol–water partition coefficient (Wildman–Crippen LogP) is -0.682. The van der Waals surface area contributed by atoms with Crippen molar-refractivity contribution in [3.05, 3.63) is 29.6 Å². The van der Waals surface area contributed by atoms with Crippen molar-refractivity contribution >= 4 is 0 Å². The summed E-state index contributed by atoms with van der Waals surface area (Å²) in [7, 11) is 0. The third kappa shape index (κ3) is 3.81. The monoisotopic (exact) mass is 173 g/mol. The quantitative estimate of drug-likeness (QED) is 0.405. The van der Waals surface area contributed by atoms with Crippen LogP contribution in [0.1, 0.15) is 31.0 Å². The van der Waals surface area contributed by atoms with Crippen LogP contribution >= 0.6 is 0 Å². The second-order valence-electron chi connectivity index (χ2n) is 2.80. The van der Waals surface area contributed by atoms with Crippen molar-refractivity contribution in [2.45, 2.75) is 26.7 Å². The number of rotatable bonds is 1. The average molecular weight is 173 g/mol. The molecule has 1 nitrogen and oxygen atoms in total. The van der Waals surface area contributed by atoms with Gasteiger partial charge in [-0.25, -0.2) is 11.6 Å². The van der Waals surface area contributed by atoms with Crippen molar-refractivity contribution in [2.24, 2.45) is 0 Å². The Hall–Kier alpha value is 0.786. The SMILES string of the molecule is Cc1cc(C(C)C)[c-]cn1.[K+]. The number of aryl methyl sites for hydroxylation is 1. The maximum absolute atomic E-state index is 4.07. The zero-order chi connectivity index (χ0) is 7.56. The van der Waals surface area contributed by atoms with Crippen LogP contribution in [0.25, 0.3) is 0 Å². The molecule has 0 aliphatic carbocycles. The Labute approximate surface area is 111 Å². The summed E-state index contributed by atoms with van der Waals surface area (Å²) in [5.41, 5.74) is 2.31. The summed E-state index contributed by atoms with van der Waals surface area (Å²) in [6.07, 6.45) is 1.74. The largest absolute Gasteiger partial charge is 1.00 e. The van der Waals surface area contributed by atoms with Gasteiger partial charge in [0.15, 0.2) is 0 Å². The molecule has 0 aromatic carbocycles. The van der Waals surface area contributed by atoms with Crippen LogP contribution in [0.5, 0.6) is 0 Å². The Kier molecular flexibility index (Phi) is 5.82. The molecule has 0 aliphatic heterocycles. The Morgan fingerprint density at radius 3 is 2.45 bits per heavy atom. The van der Waals surface area contributed by atoms with Crippen LogP contribution in [0.3, 0.4) is 0 Å². The first kappa shape index (κ1) is 11.8.